The van der Waals surface area contributed by atoms with E-state index in [0.717, 1.165) is 35.9 Å². The van der Waals surface area contributed by atoms with Crippen LogP contribution in [0.15, 0.2) is 211 Å². The van der Waals surface area contributed by atoms with Gasteiger partial charge in [-0.2, -0.15) is 0 Å². The first-order valence-corrected chi connectivity index (χ1v) is 21.9. The fourth-order valence-electron chi connectivity index (χ4n) is 10.3. The Morgan fingerprint density at radius 2 is 1.33 bits per heavy atom. The van der Waals surface area contributed by atoms with Crippen LogP contribution in [0.4, 0.5) is 0 Å². The molecule has 0 saturated carbocycles. The van der Waals surface area contributed by atoms with E-state index in [1.165, 1.54) is 65.8 Å². The number of fused-ring (bicyclic) bond motifs is 10. The molecule has 5 heteroatoms. The van der Waals surface area contributed by atoms with Gasteiger partial charge in [0.25, 0.3) is 0 Å². The molecule has 286 valence electrons. The van der Waals surface area contributed by atoms with Crippen LogP contribution in [0.5, 0.6) is 0 Å². The maximum atomic E-state index is 5.13. The Morgan fingerprint density at radius 3 is 2.10 bits per heavy atom. The Morgan fingerprint density at radius 1 is 0.583 bits per heavy atom. The molecule has 5 aromatic carbocycles. The van der Waals surface area contributed by atoms with Crippen LogP contribution in [0.1, 0.15) is 53.0 Å². The molecule has 0 N–H and O–H groups in total. The summed E-state index contributed by atoms with van der Waals surface area (Å²) < 4.78 is 0. The molecular weight excluding hydrogens is 749 g/mol. The number of nitrogens with zero attached hydrogens (tertiary/aromatic N) is 4. The van der Waals surface area contributed by atoms with E-state index in [0.29, 0.717) is 0 Å². The van der Waals surface area contributed by atoms with E-state index < -0.39 is 0 Å². The summed E-state index contributed by atoms with van der Waals surface area (Å²) >= 11 is 2.00. The van der Waals surface area contributed by atoms with Crippen molar-refractivity contribution in [1.82, 2.24) is 19.9 Å². The van der Waals surface area contributed by atoms with Crippen molar-refractivity contribution in [2.24, 2.45) is 5.92 Å². The Labute approximate surface area is 354 Å². The summed E-state index contributed by atoms with van der Waals surface area (Å²) in [5.41, 5.74) is 12.4. The highest BCUT2D eigenvalue weighted by Crippen LogP contribution is 2.64. The Hall–Kier alpha value is -6.69. The lowest BCUT2D eigenvalue weighted by Crippen LogP contribution is -2.44. The molecule has 60 heavy (non-hydrogen) atoms. The standard InChI is InChI=1S/C55H40N4S/c1-3-12-37(13-4-1)52-57-53(38-14-5-2-6-15-38)59-54(58-52)39-24-22-35(23-25-39)40-26-28-50-48(32-40)55(46-20-9-7-17-43(46)44-18-8-10-21-47(44)55)49-33-41(27-29-51(49)60-50)42-19-11-16-36-30-31-56-34-45(36)42/h1-14,16-24,26-34,38-39,48,50H,15,25H2. The van der Waals surface area contributed by atoms with Gasteiger partial charge in [-0.1, -0.05) is 164 Å². The molecule has 5 aliphatic rings. The molecule has 1 spiro atoms. The van der Waals surface area contributed by atoms with Gasteiger partial charge in [0.2, 0.25) is 0 Å². The van der Waals surface area contributed by atoms with Crippen molar-refractivity contribution in [3.63, 3.8) is 0 Å². The second-order valence-corrected chi connectivity index (χ2v) is 17.6. The van der Waals surface area contributed by atoms with Crippen LogP contribution in [-0.4, -0.2) is 25.2 Å². The molecule has 0 amide bonds. The minimum absolute atomic E-state index is 0.0572. The van der Waals surface area contributed by atoms with Crippen LogP contribution in [0.25, 0.3) is 44.4 Å². The van der Waals surface area contributed by atoms with Crippen LogP contribution in [0.3, 0.4) is 0 Å². The van der Waals surface area contributed by atoms with Gasteiger partial charge in [-0.15, -0.1) is 11.8 Å². The zero-order chi connectivity index (χ0) is 39.6. The van der Waals surface area contributed by atoms with E-state index in [1.807, 2.05) is 42.4 Å². The normalized spacial score (nSPS) is 21.5. The van der Waals surface area contributed by atoms with E-state index in [2.05, 4.69) is 169 Å². The summed E-state index contributed by atoms with van der Waals surface area (Å²) in [4.78, 5) is 21.1. The molecule has 7 aromatic rings. The summed E-state index contributed by atoms with van der Waals surface area (Å²) in [5, 5.41) is 2.64. The molecule has 4 unspecified atom stereocenters. The van der Waals surface area contributed by atoms with Crippen molar-refractivity contribution in [3.8, 4) is 33.6 Å². The fourth-order valence-corrected chi connectivity index (χ4v) is 11.7. The average Bonchev–Trinajstić information content (AvgIpc) is 3.62. The van der Waals surface area contributed by atoms with E-state index in [-0.39, 0.29) is 28.4 Å². The summed E-state index contributed by atoms with van der Waals surface area (Å²) in [7, 11) is 0. The van der Waals surface area contributed by atoms with Gasteiger partial charge in [-0.25, -0.2) is 15.0 Å². The first kappa shape index (κ1) is 35.3. The minimum atomic E-state index is -0.382. The Balaban J connectivity index is 0.959. The molecule has 4 atom stereocenters. The average molecular weight is 789 g/mol. The van der Waals surface area contributed by atoms with E-state index in [9.17, 15) is 0 Å². The molecule has 12 rings (SSSR count). The zero-order valence-electron chi connectivity index (χ0n) is 32.9. The highest BCUT2D eigenvalue weighted by molar-refractivity contribution is 8.00. The number of rotatable bonds is 5. The molecule has 4 nitrogen and oxygen atoms in total. The monoisotopic (exact) mass is 788 g/mol. The quantitative estimate of drug-likeness (QED) is 0.174. The van der Waals surface area contributed by atoms with Gasteiger partial charge in [-0.05, 0) is 86.5 Å². The zero-order valence-corrected chi connectivity index (χ0v) is 33.7. The summed E-state index contributed by atoms with van der Waals surface area (Å²) in [6.07, 6.45) is 28.7. The van der Waals surface area contributed by atoms with Gasteiger partial charge in [0.05, 0.1) is 5.41 Å². The van der Waals surface area contributed by atoms with Crippen molar-refractivity contribution < 1.29 is 0 Å². The summed E-state index contributed by atoms with van der Waals surface area (Å²) in [6.45, 7) is 0. The Kier molecular flexibility index (Phi) is 8.38. The predicted molar refractivity (Wildman–Crippen MR) is 245 cm³/mol. The lowest BCUT2D eigenvalue weighted by molar-refractivity contribution is 0.448. The SMILES string of the molecule is C1=CCC(c2nc(-c3ccccc3)nc(C3C=CC(C4=CC5C(C=C4)Sc4ccc(-c6cccc7ccncc67)cc4C54c5ccccc5-c5ccccc54)=CC3)n2)C=C1. The fraction of sp³-hybridized carbons (Fsp3) is 0.127. The van der Waals surface area contributed by atoms with Crippen molar-refractivity contribution >= 4 is 22.5 Å². The minimum Gasteiger partial charge on any atom is -0.264 e. The van der Waals surface area contributed by atoms with Crippen LogP contribution in [0.2, 0.25) is 0 Å². The van der Waals surface area contributed by atoms with E-state index in [4.69, 9.17) is 15.0 Å². The van der Waals surface area contributed by atoms with Gasteiger partial charge >= 0.3 is 0 Å². The van der Waals surface area contributed by atoms with Gasteiger partial charge in [0, 0.05) is 51.2 Å². The second-order valence-electron chi connectivity index (χ2n) is 16.4. The van der Waals surface area contributed by atoms with E-state index in [1.54, 1.807) is 0 Å². The largest absolute Gasteiger partial charge is 0.264 e. The molecule has 0 radical (unpaired) electrons. The predicted octanol–water partition coefficient (Wildman–Crippen LogP) is 12.9. The lowest BCUT2D eigenvalue weighted by Gasteiger charge is -2.48. The van der Waals surface area contributed by atoms with Crippen molar-refractivity contribution in [3.05, 3.63) is 234 Å². The smallest absolute Gasteiger partial charge is 0.163 e. The topological polar surface area (TPSA) is 51.6 Å². The first-order chi connectivity index (χ1) is 29.7. The number of hydrogen-bond donors (Lipinski definition) is 0. The number of thioether (sulfide) groups is 1. The van der Waals surface area contributed by atoms with Gasteiger partial charge in [0.15, 0.2) is 5.82 Å². The molecule has 4 aliphatic carbocycles. The maximum Gasteiger partial charge on any atom is 0.163 e. The number of allylic oxidation sites excluding steroid dienone is 11. The van der Waals surface area contributed by atoms with Crippen LogP contribution in [0, 0.1) is 5.92 Å². The molecule has 0 fully saturated rings. The first-order valence-electron chi connectivity index (χ1n) is 21.0. The highest BCUT2D eigenvalue weighted by Gasteiger charge is 2.55. The summed E-state index contributed by atoms with van der Waals surface area (Å²) in [5.74, 6) is 2.78. The van der Waals surface area contributed by atoms with Crippen molar-refractivity contribution in [2.75, 3.05) is 0 Å². The number of benzene rings is 5. The van der Waals surface area contributed by atoms with Crippen molar-refractivity contribution in [1.29, 1.82) is 0 Å². The number of pyridine rings is 1. The highest BCUT2D eigenvalue weighted by atomic mass is 32.2. The number of hydrogen-bond acceptors (Lipinski definition) is 5. The van der Waals surface area contributed by atoms with Crippen LogP contribution >= 0.6 is 11.8 Å². The molecule has 3 heterocycles. The van der Waals surface area contributed by atoms with Gasteiger partial charge in [0.1, 0.15) is 11.6 Å². The molecule has 1 aliphatic heterocycles. The lowest BCUT2D eigenvalue weighted by atomic mass is 9.61. The van der Waals surface area contributed by atoms with Gasteiger partial charge < -0.3 is 0 Å². The second kappa shape index (κ2) is 14.2. The third-order valence-corrected chi connectivity index (χ3v) is 14.4. The van der Waals surface area contributed by atoms with Crippen LogP contribution in [-0.2, 0) is 5.41 Å². The maximum absolute atomic E-state index is 5.13. The Bertz CT molecular complexity index is 3010. The third-order valence-electron chi connectivity index (χ3n) is 13.1. The van der Waals surface area contributed by atoms with Crippen LogP contribution < -0.4 is 0 Å². The molecular formula is C55H40N4S. The van der Waals surface area contributed by atoms with E-state index >= 15 is 0 Å². The third kappa shape index (κ3) is 5.60. The molecule has 2 aromatic heterocycles. The van der Waals surface area contributed by atoms with Crippen molar-refractivity contribution in [2.45, 2.75) is 40.2 Å². The molecule has 0 saturated heterocycles. The molecule has 0 bridgehead atoms. The van der Waals surface area contributed by atoms with Gasteiger partial charge in [-0.3, -0.25) is 4.98 Å². The summed E-state index contributed by atoms with van der Waals surface area (Å²) in [6, 6.07) is 44.5. The number of aromatic nitrogens is 4.